The number of aliphatic carboxylic acids is 2. The minimum atomic E-state index is -2.00. The van der Waals surface area contributed by atoms with Crippen LogP contribution in [-0.2, 0) is 9.59 Å². The molecule has 0 N–H and O–H groups in total. The highest BCUT2D eigenvalue weighted by molar-refractivity contribution is 5.96. The van der Waals surface area contributed by atoms with Crippen molar-refractivity contribution >= 4 is 11.9 Å². The fourth-order valence-electron chi connectivity index (χ4n) is 0.691. The molecule has 0 fully saturated rings. The summed E-state index contributed by atoms with van der Waals surface area (Å²) in [6, 6.07) is 0. The number of carboxylic acids is 2. The van der Waals surface area contributed by atoms with Crippen LogP contribution in [0, 0.1) is 11.3 Å². The highest BCUT2D eigenvalue weighted by atomic mass is 16.4. The second-order valence-corrected chi connectivity index (χ2v) is 2.80. The second kappa shape index (κ2) is 3.38. The van der Waals surface area contributed by atoms with Gasteiger partial charge in [0.2, 0.25) is 0 Å². The van der Waals surface area contributed by atoms with Gasteiger partial charge in [0, 0.05) is 0 Å². The van der Waals surface area contributed by atoms with Crippen LogP contribution in [0.25, 0.3) is 0 Å². The summed E-state index contributed by atoms with van der Waals surface area (Å²) in [5.74, 6) is -4.04. The van der Waals surface area contributed by atoms with Crippen LogP contribution in [0.5, 0.6) is 0 Å². The van der Waals surface area contributed by atoms with E-state index in [-0.39, 0.29) is 0 Å². The average molecular weight is 170 g/mol. The molecule has 0 saturated carbocycles. The molecule has 0 spiro atoms. The van der Waals surface area contributed by atoms with Crippen LogP contribution in [0.3, 0.4) is 0 Å². The van der Waals surface area contributed by atoms with E-state index in [1.807, 2.05) is 0 Å². The van der Waals surface area contributed by atoms with E-state index in [9.17, 15) is 19.8 Å². The average Bonchev–Trinajstić information content (AvgIpc) is 2.00. The van der Waals surface area contributed by atoms with Gasteiger partial charge >= 0.3 is 0 Å². The zero-order valence-corrected chi connectivity index (χ0v) is 6.99. The maximum absolute atomic E-state index is 10.5. The van der Waals surface area contributed by atoms with E-state index in [1.54, 1.807) is 0 Å². The van der Waals surface area contributed by atoms with E-state index in [4.69, 9.17) is 0 Å². The van der Waals surface area contributed by atoms with Crippen LogP contribution in [0.4, 0.5) is 0 Å². The third-order valence-electron chi connectivity index (χ3n) is 2.11. The minimum absolute atomic E-state index is 0.729. The lowest BCUT2D eigenvalue weighted by Crippen LogP contribution is -2.55. The Hall–Kier alpha value is -1.32. The third-order valence-corrected chi connectivity index (χ3v) is 2.11. The Labute approximate surface area is 70.5 Å². The van der Waals surface area contributed by atoms with Crippen molar-refractivity contribution in [2.75, 3.05) is 0 Å². The van der Waals surface area contributed by atoms with Gasteiger partial charge in [-0.2, -0.15) is 0 Å². The lowest BCUT2D eigenvalue weighted by atomic mass is 9.78. The summed E-state index contributed by atoms with van der Waals surface area (Å²) in [5.41, 5.74) is -2.00. The van der Waals surface area contributed by atoms with E-state index in [2.05, 4.69) is 6.58 Å². The fourth-order valence-corrected chi connectivity index (χ4v) is 0.691. The number of rotatable bonds is 4. The number of hydrogen-bond donors (Lipinski definition) is 0. The summed E-state index contributed by atoms with van der Waals surface area (Å²) in [6.07, 6.45) is 1.24. The molecule has 0 amide bonds. The Morgan fingerprint density at radius 1 is 1.42 bits per heavy atom. The Morgan fingerprint density at radius 2 is 1.75 bits per heavy atom. The van der Waals surface area contributed by atoms with Gasteiger partial charge in [-0.1, -0.05) is 13.0 Å². The standard InChI is InChI=1S/C8H12O4/c1-4-5(2)8(3,6(9)10)7(11)12/h4-5H,1H2,2-3H3,(H,9,10)(H,11,12)/p-2. The monoisotopic (exact) mass is 170 g/mol. The highest BCUT2D eigenvalue weighted by Crippen LogP contribution is 2.26. The predicted molar refractivity (Wildman–Crippen MR) is 37.5 cm³/mol. The topological polar surface area (TPSA) is 80.3 Å². The van der Waals surface area contributed by atoms with Crippen molar-refractivity contribution in [3.8, 4) is 0 Å². The first kappa shape index (κ1) is 10.7. The first-order chi connectivity index (χ1) is 5.37. The largest absolute Gasteiger partial charge is 0.549 e. The van der Waals surface area contributed by atoms with Crippen molar-refractivity contribution in [3.05, 3.63) is 12.7 Å². The van der Waals surface area contributed by atoms with Crippen molar-refractivity contribution < 1.29 is 19.8 Å². The zero-order chi connectivity index (χ0) is 9.94. The van der Waals surface area contributed by atoms with Gasteiger partial charge in [-0.05, 0) is 12.8 Å². The van der Waals surface area contributed by atoms with Gasteiger partial charge in [0.25, 0.3) is 0 Å². The normalized spacial score (nSPS) is 13.5. The molecular formula is C8H10O4-2. The maximum Gasteiger partial charge on any atom is 0.0535 e. The predicted octanol–water partition coefficient (Wildman–Crippen LogP) is -1.69. The van der Waals surface area contributed by atoms with Crippen molar-refractivity contribution in [3.63, 3.8) is 0 Å². The number of allylic oxidation sites excluding steroid dienone is 1. The molecule has 0 radical (unpaired) electrons. The molecule has 4 heteroatoms. The van der Waals surface area contributed by atoms with Crippen LogP contribution < -0.4 is 10.2 Å². The van der Waals surface area contributed by atoms with E-state index >= 15 is 0 Å². The molecular weight excluding hydrogens is 160 g/mol. The van der Waals surface area contributed by atoms with Gasteiger partial charge in [0.05, 0.1) is 17.4 Å². The second-order valence-electron chi connectivity index (χ2n) is 2.80. The molecule has 0 rings (SSSR count). The highest BCUT2D eigenvalue weighted by Gasteiger charge is 2.32. The van der Waals surface area contributed by atoms with Gasteiger partial charge in [-0.3, -0.25) is 0 Å². The summed E-state index contributed by atoms with van der Waals surface area (Å²) >= 11 is 0. The Morgan fingerprint density at radius 3 is 1.83 bits per heavy atom. The third kappa shape index (κ3) is 1.47. The van der Waals surface area contributed by atoms with Crippen molar-refractivity contribution in [1.82, 2.24) is 0 Å². The van der Waals surface area contributed by atoms with E-state index in [0.717, 1.165) is 6.92 Å². The van der Waals surface area contributed by atoms with Crippen molar-refractivity contribution in [2.24, 2.45) is 11.3 Å². The fraction of sp³-hybridized carbons (Fsp3) is 0.500. The molecule has 12 heavy (non-hydrogen) atoms. The summed E-state index contributed by atoms with van der Waals surface area (Å²) in [6.45, 7) is 5.78. The molecule has 0 aliphatic heterocycles. The zero-order valence-electron chi connectivity index (χ0n) is 6.99. The smallest absolute Gasteiger partial charge is 0.0535 e. The molecule has 0 aromatic heterocycles. The first-order valence-corrected chi connectivity index (χ1v) is 3.42. The molecule has 1 unspecified atom stereocenters. The van der Waals surface area contributed by atoms with Crippen molar-refractivity contribution in [2.45, 2.75) is 13.8 Å². The van der Waals surface area contributed by atoms with Crippen LogP contribution in [0.2, 0.25) is 0 Å². The minimum Gasteiger partial charge on any atom is -0.549 e. The van der Waals surface area contributed by atoms with Crippen molar-refractivity contribution in [1.29, 1.82) is 0 Å². The molecule has 0 bridgehead atoms. The van der Waals surface area contributed by atoms with E-state index in [0.29, 0.717) is 0 Å². The van der Waals surface area contributed by atoms with Crippen LogP contribution >= 0.6 is 0 Å². The maximum atomic E-state index is 10.5. The van der Waals surface area contributed by atoms with Crippen LogP contribution in [-0.4, -0.2) is 11.9 Å². The summed E-state index contributed by atoms with van der Waals surface area (Å²) in [7, 11) is 0. The molecule has 0 heterocycles. The molecule has 0 saturated heterocycles. The number of carbonyl (C=O) groups excluding carboxylic acids is 2. The van der Waals surface area contributed by atoms with Gasteiger partial charge in [-0.25, -0.2) is 0 Å². The molecule has 0 aliphatic carbocycles. The summed E-state index contributed by atoms with van der Waals surface area (Å²) in [5, 5.41) is 21.0. The van der Waals surface area contributed by atoms with Gasteiger partial charge in [-0.15, -0.1) is 6.58 Å². The molecule has 4 nitrogen and oxygen atoms in total. The van der Waals surface area contributed by atoms with Gasteiger partial charge in [0.1, 0.15) is 0 Å². The van der Waals surface area contributed by atoms with Gasteiger partial charge < -0.3 is 19.8 Å². The first-order valence-electron chi connectivity index (χ1n) is 3.42. The Kier molecular flexibility index (Phi) is 3.01. The quantitative estimate of drug-likeness (QED) is 0.372. The van der Waals surface area contributed by atoms with E-state index in [1.165, 1.54) is 13.0 Å². The van der Waals surface area contributed by atoms with Crippen LogP contribution in [0.1, 0.15) is 13.8 Å². The Balaban J connectivity index is 4.99. The molecule has 1 atom stereocenters. The van der Waals surface area contributed by atoms with Crippen LogP contribution in [0.15, 0.2) is 12.7 Å². The molecule has 0 aliphatic rings. The van der Waals surface area contributed by atoms with Gasteiger partial charge in [0.15, 0.2) is 0 Å². The molecule has 0 aromatic carbocycles. The summed E-state index contributed by atoms with van der Waals surface area (Å²) in [4.78, 5) is 21.0. The number of carboxylic acid groups (broad SMARTS) is 2. The van der Waals surface area contributed by atoms with E-state index < -0.39 is 23.3 Å². The molecule has 68 valence electrons. The number of carbonyl (C=O) groups is 2. The SMILES string of the molecule is C=CC(C)C(C)(C(=O)[O-])C(=O)[O-]. The number of hydrogen-bond acceptors (Lipinski definition) is 4. The Bertz CT molecular complexity index is 205. The lowest BCUT2D eigenvalue weighted by Gasteiger charge is -2.35. The summed E-state index contributed by atoms with van der Waals surface area (Å²) < 4.78 is 0. The molecule has 0 aromatic rings. The lowest BCUT2D eigenvalue weighted by molar-refractivity contribution is -0.344.